The first-order chi connectivity index (χ1) is 21.1. The molecule has 2 aliphatic rings. The summed E-state index contributed by atoms with van der Waals surface area (Å²) in [5, 5.41) is 13.6. The van der Waals surface area contributed by atoms with Crippen LogP contribution in [0.15, 0.2) is 77.1 Å². The molecule has 1 saturated heterocycles. The molecular weight excluding hydrogens is 629 g/mol. The molecule has 13 nitrogen and oxygen atoms in total. The van der Waals surface area contributed by atoms with E-state index in [0.717, 1.165) is 11.1 Å². The summed E-state index contributed by atoms with van der Waals surface area (Å²) in [5.41, 5.74) is 0.242. The van der Waals surface area contributed by atoms with Crippen LogP contribution in [0.25, 0.3) is 0 Å². The van der Waals surface area contributed by atoms with Gasteiger partial charge in [0.25, 0.3) is 11.6 Å². The van der Waals surface area contributed by atoms with Crippen molar-refractivity contribution in [3.05, 3.63) is 83.1 Å². The molecule has 2 aromatic carbocycles. The third-order valence-corrected chi connectivity index (χ3v) is 11.2. The van der Waals surface area contributed by atoms with Gasteiger partial charge in [0.05, 0.1) is 0 Å². The number of esters is 1. The van der Waals surface area contributed by atoms with Crippen molar-refractivity contribution in [1.82, 2.24) is 30.4 Å². The van der Waals surface area contributed by atoms with Crippen LogP contribution in [0.4, 0.5) is 0 Å². The summed E-state index contributed by atoms with van der Waals surface area (Å²) < 4.78 is 37.4. The van der Waals surface area contributed by atoms with E-state index in [0.29, 0.717) is 10.7 Å². The highest BCUT2D eigenvalue weighted by atomic mass is 32.2. The number of carbonyl (C=O) groups excluding carboxylic acids is 3. The van der Waals surface area contributed by atoms with Crippen molar-refractivity contribution in [2.24, 2.45) is 7.05 Å². The summed E-state index contributed by atoms with van der Waals surface area (Å²) in [6, 6.07) is 18.5. The van der Waals surface area contributed by atoms with E-state index in [1.54, 1.807) is 7.05 Å². The van der Waals surface area contributed by atoms with Gasteiger partial charge in [0.1, 0.15) is 16.8 Å². The number of thioether (sulfide) groups is 2. The summed E-state index contributed by atoms with van der Waals surface area (Å²) >= 11 is 2.56. The average Bonchev–Trinajstić information content (AvgIpc) is 3.45. The molecule has 3 aromatic rings. The zero-order valence-electron chi connectivity index (χ0n) is 24.1. The van der Waals surface area contributed by atoms with Gasteiger partial charge in [-0.3, -0.25) is 14.5 Å². The lowest BCUT2D eigenvalue weighted by Gasteiger charge is -2.56. The predicted octanol–water partition coefficient (Wildman–Crippen LogP) is 1.70. The zero-order valence-corrected chi connectivity index (χ0v) is 26.5. The van der Waals surface area contributed by atoms with E-state index >= 15 is 0 Å². The van der Waals surface area contributed by atoms with E-state index in [1.807, 2.05) is 60.7 Å². The highest BCUT2D eigenvalue weighted by Crippen LogP contribution is 2.48. The molecule has 2 aliphatic heterocycles. The first kappa shape index (κ1) is 31.7. The smallest absolute Gasteiger partial charge is 0.356 e. The Morgan fingerprint density at radius 3 is 2.32 bits per heavy atom. The maximum absolute atomic E-state index is 14.1. The van der Waals surface area contributed by atoms with Crippen LogP contribution in [0.2, 0.25) is 0 Å². The van der Waals surface area contributed by atoms with Crippen LogP contribution in [0.1, 0.15) is 24.2 Å². The van der Waals surface area contributed by atoms with Crippen molar-refractivity contribution >= 4 is 51.1 Å². The molecule has 0 saturated carbocycles. The van der Waals surface area contributed by atoms with Gasteiger partial charge < -0.3 is 14.8 Å². The van der Waals surface area contributed by atoms with Gasteiger partial charge in [0.2, 0.25) is 11.1 Å². The van der Waals surface area contributed by atoms with E-state index in [9.17, 15) is 22.8 Å². The van der Waals surface area contributed by atoms with Gasteiger partial charge >= 0.3 is 5.97 Å². The number of aryl methyl sites for hydroxylation is 1. The SMILES string of the molecule is CCS(=O)(=O)CC(=O)N[C@]1(OC)C(=O)N2C(C(=O)OC(c3ccccc3)c3ccccc3)=C(CSc3nnnn3C)CS[C@@H]21. The summed E-state index contributed by atoms with van der Waals surface area (Å²) in [7, 11) is -0.726. The van der Waals surface area contributed by atoms with E-state index in [-0.39, 0.29) is 23.0 Å². The fourth-order valence-corrected chi connectivity index (χ4v) is 7.93. The van der Waals surface area contributed by atoms with Crippen molar-refractivity contribution in [3.8, 4) is 0 Å². The third-order valence-electron chi connectivity index (χ3n) is 7.13. The van der Waals surface area contributed by atoms with Gasteiger partial charge in [-0.15, -0.1) is 16.9 Å². The summed E-state index contributed by atoms with van der Waals surface area (Å²) in [4.78, 5) is 42.0. The van der Waals surface area contributed by atoms with Crippen LogP contribution in [-0.4, -0.2) is 92.5 Å². The maximum Gasteiger partial charge on any atom is 0.356 e. The highest BCUT2D eigenvalue weighted by Gasteiger charge is 2.67. The Morgan fingerprint density at radius 2 is 1.77 bits per heavy atom. The molecule has 2 amide bonds. The highest BCUT2D eigenvalue weighted by molar-refractivity contribution is 8.01. The normalized spacial score (nSPS) is 19.9. The Morgan fingerprint density at radius 1 is 1.14 bits per heavy atom. The number of hydrogen-bond acceptors (Lipinski definition) is 12. The fraction of sp³-hybridized carbons (Fsp3) is 0.357. The molecule has 16 heteroatoms. The molecule has 0 bridgehead atoms. The van der Waals surface area contributed by atoms with Crippen molar-refractivity contribution in [1.29, 1.82) is 0 Å². The minimum absolute atomic E-state index is 0.0290. The van der Waals surface area contributed by atoms with Crippen LogP contribution in [0, 0.1) is 0 Å². The summed E-state index contributed by atoms with van der Waals surface area (Å²) in [5.74, 6) is -2.81. The number of tetrazole rings is 1. The molecule has 232 valence electrons. The van der Waals surface area contributed by atoms with Crippen LogP contribution >= 0.6 is 23.5 Å². The molecular formula is C28H30N6O7S3. The number of aromatic nitrogens is 4. The molecule has 5 rings (SSSR count). The molecule has 0 unspecified atom stereocenters. The van der Waals surface area contributed by atoms with Gasteiger partial charge in [-0.05, 0) is 27.1 Å². The topological polar surface area (TPSA) is 163 Å². The second kappa shape index (κ2) is 13.1. The Balaban J connectivity index is 1.49. The minimum atomic E-state index is -3.67. The van der Waals surface area contributed by atoms with Crippen LogP contribution < -0.4 is 5.32 Å². The summed E-state index contributed by atoms with van der Waals surface area (Å²) in [6.45, 7) is 1.43. The first-order valence-electron chi connectivity index (χ1n) is 13.5. The maximum atomic E-state index is 14.1. The Kier molecular flexibility index (Phi) is 9.43. The van der Waals surface area contributed by atoms with E-state index in [2.05, 4.69) is 20.8 Å². The number of benzene rings is 2. The van der Waals surface area contributed by atoms with Crippen LogP contribution in [-0.2, 0) is 40.7 Å². The number of carbonyl (C=O) groups is 3. The summed E-state index contributed by atoms with van der Waals surface area (Å²) in [6.07, 6.45) is -0.773. The largest absolute Gasteiger partial charge is 0.448 e. The van der Waals surface area contributed by atoms with Gasteiger partial charge in [-0.25, -0.2) is 17.9 Å². The predicted molar refractivity (Wildman–Crippen MR) is 163 cm³/mol. The van der Waals surface area contributed by atoms with E-state index in [1.165, 1.54) is 47.1 Å². The van der Waals surface area contributed by atoms with Crippen molar-refractivity contribution in [2.75, 3.05) is 30.1 Å². The molecule has 3 heterocycles. The number of ether oxygens (including phenoxy) is 2. The molecule has 0 radical (unpaired) electrons. The van der Waals surface area contributed by atoms with E-state index < -0.39 is 50.6 Å². The number of sulfone groups is 1. The quantitative estimate of drug-likeness (QED) is 0.130. The molecule has 2 atom stereocenters. The zero-order chi connectivity index (χ0) is 31.5. The number of rotatable bonds is 12. The number of β-lactam (4-membered cyclic amide) rings is 1. The van der Waals surface area contributed by atoms with Gasteiger partial charge in [0, 0.05) is 31.4 Å². The van der Waals surface area contributed by atoms with Crippen LogP contribution in [0.3, 0.4) is 0 Å². The van der Waals surface area contributed by atoms with Crippen molar-refractivity contribution in [3.63, 3.8) is 0 Å². The molecule has 0 aliphatic carbocycles. The molecule has 1 N–H and O–H groups in total. The monoisotopic (exact) mass is 658 g/mol. The van der Waals surface area contributed by atoms with Crippen LogP contribution in [0.5, 0.6) is 0 Å². The van der Waals surface area contributed by atoms with E-state index in [4.69, 9.17) is 9.47 Å². The lowest BCUT2D eigenvalue weighted by Crippen LogP contribution is -2.81. The number of amides is 2. The standard InChI is InChI=1S/C28H30N6O7S3/c1-4-44(38,39)17-21(35)29-28(40-3)25(37)34-22(20(15-42-26(28)34)16-43-27-30-31-32-33(27)2)24(36)41-23(18-11-7-5-8-12-18)19-13-9-6-10-14-19/h5-14,23,26H,4,15-17H2,1-3H3,(H,29,35)/t26-,28+/m1/s1. The van der Waals surface area contributed by atoms with Gasteiger partial charge in [-0.2, -0.15) is 0 Å². The number of nitrogens with zero attached hydrogens (tertiary/aromatic N) is 5. The molecule has 0 spiro atoms. The van der Waals surface area contributed by atoms with Gasteiger partial charge in [0.15, 0.2) is 15.9 Å². The lowest BCUT2D eigenvalue weighted by atomic mass is 9.98. The third kappa shape index (κ3) is 6.24. The number of nitrogens with one attached hydrogen (secondary N) is 1. The number of hydrogen-bond donors (Lipinski definition) is 1. The molecule has 1 aromatic heterocycles. The fourth-order valence-electron chi connectivity index (χ4n) is 4.83. The number of fused-ring (bicyclic) bond motifs is 1. The van der Waals surface area contributed by atoms with Crippen molar-refractivity contribution < 1.29 is 32.3 Å². The first-order valence-corrected chi connectivity index (χ1v) is 17.4. The van der Waals surface area contributed by atoms with Gasteiger partial charge in [-0.1, -0.05) is 79.3 Å². The second-order valence-electron chi connectivity index (χ2n) is 9.94. The average molecular weight is 659 g/mol. The Labute approximate surface area is 262 Å². The second-order valence-corrected chi connectivity index (χ2v) is 14.3. The number of methoxy groups -OCH3 is 1. The Hall–Kier alpha value is -3.73. The molecule has 44 heavy (non-hydrogen) atoms. The minimum Gasteiger partial charge on any atom is -0.448 e. The Bertz CT molecular complexity index is 1640. The lowest BCUT2D eigenvalue weighted by molar-refractivity contribution is -0.192. The molecule has 1 fully saturated rings. The van der Waals surface area contributed by atoms with Crippen molar-refractivity contribution in [2.45, 2.75) is 29.3 Å².